The van der Waals surface area contributed by atoms with Crippen LogP contribution in [-0.2, 0) is 4.74 Å². The molecule has 0 spiro atoms. The Hall–Kier alpha value is -2.17. The molecule has 3 rings (SSSR count). The summed E-state index contributed by atoms with van der Waals surface area (Å²) in [6.45, 7) is -0.00205. The van der Waals surface area contributed by atoms with Gasteiger partial charge in [0, 0.05) is 6.20 Å². The van der Waals surface area contributed by atoms with Crippen molar-refractivity contribution in [2.45, 2.75) is 25.2 Å². The lowest BCUT2D eigenvalue weighted by Crippen LogP contribution is -2.14. The average Bonchev–Trinajstić information content (AvgIpc) is 3.02. The second-order valence-corrected chi connectivity index (χ2v) is 4.49. The molecular weight excluding hydrogens is 246 g/mol. The number of nitrogens with zero attached hydrogens (tertiary/aromatic N) is 4. The molecule has 1 fully saturated rings. The number of aromatic nitrogens is 3. The number of ether oxygens (including phenoxy) is 1. The van der Waals surface area contributed by atoms with Gasteiger partial charge in [0.2, 0.25) is 0 Å². The van der Waals surface area contributed by atoms with Crippen LogP contribution in [0.1, 0.15) is 24.6 Å². The molecule has 0 radical (unpaired) electrons. The van der Waals surface area contributed by atoms with Crippen LogP contribution in [0.5, 0.6) is 0 Å². The number of rotatable bonds is 2. The van der Waals surface area contributed by atoms with Gasteiger partial charge in [-0.25, -0.2) is 9.97 Å². The molecule has 0 saturated carbocycles. The standard InChI is InChI=1S/C12H13N5O2/c13-3-7-4-17(9-2-1-8(5-18)19-9)12-10(7)11(14)15-6-16-12/h4,6,8-9,18H,1-2,5H2,(H2,14,15,16)/t8-,9-/m0/s1. The minimum Gasteiger partial charge on any atom is -0.394 e. The molecule has 0 bridgehead atoms. The molecular formula is C12H13N5O2. The summed E-state index contributed by atoms with van der Waals surface area (Å²) in [5, 5.41) is 18.8. The fourth-order valence-corrected chi connectivity index (χ4v) is 2.44. The van der Waals surface area contributed by atoms with Gasteiger partial charge in [-0.2, -0.15) is 5.26 Å². The number of aliphatic hydroxyl groups excluding tert-OH is 1. The first kappa shape index (κ1) is 11.9. The second-order valence-electron chi connectivity index (χ2n) is 4.49. The van der Waals surface area contributed by atoms with E-state index < -0.39 is 0 Å². The number of anilines is 1. The number of aliphatic hydroxyl groups is 1. The van der Waals surface area contributed by atoms with Crippen molar-refractivity contribution in [2.24, 2.45) is 0 Å². The van der Waals surface area contributed by atoms with Gasteiger partial charge < -0.3 is 20.1 Å². The molecule has 7 heteroatoms. The predicted octanol–water partition coefficient (Wildman–Crippen LogP) is 0.555. The van der Waals surface area contributed by atoms with Crippen LogP contribution in [-0.4, -0.2) is 32.4 Å². The number of fused-ring (bicyclic) bond motifs is 1. The van der Waals surface area contributed by atoms with Crippen molar-refractivity contribution in [1.29, 1.82) is 5.26 Å². The number of hydrogen-bond donors (Lipinski definition) is 2. The Labute approximate surface area is 109 Å². The van der Waals surface area contributed by atoms with Crippen LogP contribution >= 0.6 is 0 Å². The molecule has 1 aliphatic heterocycles. The maximum Gasteiger partial charge on any atom is 0.148 e. The SMILES string of the molecule is N#Cc1cn([C@@H]2CC[C@@H](CO)O2)c2ncnc(N)c12. The van der Waals surface area contributed by atoms with Crippen LogP contribution in [0, 0.1) is 11.3 Å². The number of nitrogens with two attached hydrogens (primary N) is 1. The Morgan fingerprint density at radius 2 is 2.37 bits per heavy atom. The molecule has 0 amide bonds. The van der Waals surface area contributed by atoms with Crippen molar-refractivity contribution in [3.63, 3.8) is 0 Å². The van der Waals surface area contributed by atoms with E-state index >= 15 is 0 Å². The van der Waals surface area contributed by atoms with E-state index in [0.717, 1.165) is 12.8 Å². The van der Waals surface area contributed by atoms with Crippen LogP contribution in [0.2, 0.25) is 0 Å². The fraction of sp³-hybridized carbons (Fsp3) is 0.417. The third-order valence-corrected chi connectivity index (χ3v) is 3.36. The van der Waals surface area contributed by atoms with E-state index in [2.05, 4.69) is 16.0 Å². The van der Waals surface area contributed by atoms with Crippen LogP contribution in [0.3, 0.4) is 0 Å². The number of hydrogen-bond acceptors (Lipinski definition) is 6. The summed E-state index contributed by atoms with van der Waals surface area (Å²) in [7, 11) is 0. The van der Waals surface area contributed by atoms with Gasteiger partial charge in [-0.05, 0) is 12.8 Å². The van der Waals surface area contributed by atoms with Crippen molar-refractivity contribution in [1.82, 2.24) is 14.5 Å². The van der Waals surface area contributed by atoms with Gasteiger partial charge in [0.05, 0.1) is 23.7 Å². The van der Waals surface area contributed by atoms with Gasteiger partial charge in [0.15, 0.2) is 0 Å². The Morgan fingerprint density at radius 1 is 1.53 bits per heavy atom. The van der Waals surface area contributed by atoms with Crippen molar-refractivity contribution in [3.8, 4) is 6.07 Å². The molecule has 0 aromatic carbocycles. The van der Waals surface area contributed by atoms with Crippen molar-refractivity contribution < 1.29 is 9.84 Å². The van der Waals surface area contributed by atoms with Gasteiger partial charge in [-0.1, -0.05) is 0 Å². The van der Waals surface area contributed by atoms with Crippen LogP contribution in [0.15, 0.2) is 12.5 Å². The smallest absolute Gasteiger partial charge is 0.148 e. The minimum absolute atomic E-state index is 0.00205. The van der Waals surface area contributed by atoms with E-state index in [9.17, 15) is 0 Å². The number of nitriles is 1. The zero-order chi connectivity index (χ0) is 13.4. The molecule has 1 saturated heterocycles. The summed E-state index contributed by atoms with van der Waals surface area (Å²) in [5.74, 6) is 0.289. The predicted molar refractivity (Wildman–Crippen MR) is 66.9 cm³/mol. The summed E-state index contributed by atoms with van der Waals surface area (Å²) in [5.41, 5.74) is 6.83. The first-order valence-corrected chi connectivity index (χ1v) is 6.02. The molecule has 0 unspecified atom stereocenters. The Bertz CT molecular complexity index is 660. The summed E-state index contributed by atoms with van der Waals surface area (Å²) in [6.07, 6.45) is 4.21. The van der Waals surface area contributed by atoms with Crippen molar-refractivity contribution in [3.05, 3.63) is 18.1 Å². The fourth-order valence-electron chi connectivity index (χ4n) is 2.44. The van der Waals surface area contributed by atoms with Crippen molar-refractivity contribution in [2.75, 3.05) is 12.3 Å². The number of nitrogen functional groups attached to an aromatic ring is 1. The lowest BCUT2D eigenvalue weighted by molar-refractivity contribution is -0.0204. The van der Waals surface area contributed by atoms with E-state index in [4.69, 9.17) is 20.8 Å². The highest BCUT2D eigenvalue weighted by Gasteiger charge is 2.28. The highest BCUT2D eigenvalue weighted by Crippen LogP contribution is 2.33. The third-order valence-electron chi connectivity index (χ3n) is 3.36. The molecule has 98 valence electrons. The van der Waals surface area contributed by atoms with Crippen LogP contribution in [0.4, 0.5) is 5.82 Å². The second kappa shape index (κ2) is 4.50. The Balaban J connectivity index is 2.10. The van der Waals surface area contributed by atoms with E-state index in [1.54, 1.807) is 10.8 Å². The minimum atomic E-state index is -0.226. The van der Waals surface area contributed by atoms with E-state index in [0.29, 0.717) is 16.6 Å². The summed E-state index contributed by atoms with van der Waals surface area (Å²) in [4.78, 5) is 8.09. The van der Waals surface area contributed by atoms with Gasteiger partial charge in [0.1, 0.15) is 30.1 Å². The summed E-state index contributed by atoms with van der Waals surface area (Å²) in [6, 6.07) is 2.09. The zero-order valence-corrected chi connectivity index (χ0v) is 10.2. The largest absolute Gasteiger partial charge is 0.394 e. The molecule has 7 nitrogen and oxygen atoms in total. The van der Waals surface area contributed by atoms with E-state index in [1.807, 2.05) is 0 Å². The normalized spacial score (nSPS) is 22.7. The van der Waals surface area contributed by atoms with Crippen LogP contribution in [0.25, 0.3) is 11.0 Å². The lowest BCUT2D eigenvalue weighted by Gasteiger charge is -2.14. The van der Waals surface area contributed by atoms with Gasteiger partial charge >= 0.3 is 0 Å². The molecule has 2 aromatic rings. The van der Waals surface area contributed by atoms with Gasteiger partial charge in [0.25, 0.3) is 0 Å². The molecule has 3 heterocycles. The molecule has 2 aromatic heterocycles. The monoisotopic (exact) mass is 259 g/mol. The average molecular weight is 259 g/mol. The summed E-state index contributed by atoms with van der Waals surface area (Å²) >= 11 is 0. The first-order valence-electron chi connectivity index (χ1n) is 6.02. The van der Waals surface area contributed by atoms with Gasteiger partial charge in [-0.3, -0.25) is 0 Å². The maximum atomic E-state index is 9.16. The zero-order valence-electron chi connectivity index (χ0n) is 10.2. The van der Waals surface area contributed by atoms with Crippen molar-refractivity contribution >= 4 is 16.9 Å². The first-order chi connectivity index (χ1) is 9.24. The lowest BCUT2D eigenvalue weighted by atomic mass is 10.2. The van der Waals surface area contributed by atoms with E-state index in [-0.39, 0.29) is 24.8 Å². The highest BCUT2D eigenvalue weighted by atomic mass is 16.5. The van der Waals surface area contributed by atoms with Crippen LogP contribution < -0.4 is 5.73 Å². The quantitative estimate of drug-likeness (QED) is 0.815. The Kier molecular flexibility index (Phi) is 2.81. The van der Waals surface area contributed by atoms with Gasteiger partial charge in [-0.15, -0.1) is 0 Å². The molecule has 1 aliphatic rings. The van der Waals surface area contributed by atoms with E-state index in [1.165, 1.54) is 6.33 Å². The Morgan fingerprint density at radius 3 is 3.05 bits per heavy atom. The molecule has 2 atom stereocenters. The molecule has 0 aliphatic carbocycles. The molecule has 19 heavy (non-hydrogen) atoms. The highest BCUT2D eigenvalue weighted by molar-refractivity contribution is 5.91. The molecule has 3 N–H and O–H groups in total. The summed E-state index contributed by atoms with van der Waals surface area (Å²) < 4.78 is 7.50. The third kappa shape index (κ3) is 1.82. The maximum absolute atomic E-state index is 9.16. The topological polar surface area (TPSA) is 110 Å².